The Kier molecular flexibility index (Phi) is 6.20. The molecule has 8 heteroatoms. The van der Waals surface area contributed by atoms with Gasteiger partial charge in [-0.1, -0.05) is 6.08 Å². The van der Waals surface area contributed by atoms with Crippen molar-refractivity contribution in [1.29, 1.82) is 0 Å². The highest BCUT2D eigenvalue weighted by molar-refractivity contribution is 7.12. The predicted octanol–water partition coefficient (Wildman–Crippen LogP) is 4.04. The van der Waals surface area contributed by atoms with Gasteiger partial charge in [0.2, 0.25) is 0 Å². The molecule has 3 rings (SSSR count). The Balaban J connectivity index is 1.85. The Bertz CT molecular complexity index is 932. The molecule has 0 aliphatic carbocycles. The number of nitrogens with zero attached hydrogens (tertiary/aromatic N) is 4. The highest BCUT2D eigenvalue weighted by Gasteiger charge is 2.23. The van der Waals surface area contributed by atoms with Crippen molar-refractivity contribution in [3.63, 3.8) is 0 Å². The lowest BCUT2D eigenvalue weighted by molar-refractivity contribution is 0.203. The average molecular weight is 385 g/mol. The second-order valence-electron chi connectivity index (χ2n) is 5.80. The lowest BCUT2D eigenvalue weighted by atomic mass is 10.1. The average Bonchev–Trinajstić information content (AvgIpc) is 3.30. The van der Waals surface area contributed by atoms with Crippen LogP contribution in [0.1, 0.15) is 46.3 Å². The van der Waals surface area contributed by atoms with Gasteiger partial charge in [-0.25, -0.2) is 9.37 Å². The van der Waals surface area contributed by atoms with Gasteiger partial charge in [0.15, 0.2) is 6.10 Å². The molecule has 0 fully saturated rings. The molecule has 2 aromatic heterocycles. The van der Waals surface area contributed by atoms with Gasteiger partial charge in [0, 0.05) is 24.7 Å². The number of ether oxygens (including phenoxy) is 1. The van der Waals surface area contributed by atoms with Crippen LogP contribution in [0.25, 0.3) is 12.2 Å². The summed E-state index contributed by atoms with van der Waals surface area (Å²) < 4.78 is 19.7. The fourth-order valence-corrected chi connectivity index (χ4v) is 3.41. The van der Waals surface area contributed by atoms with Gasteiger partial charge in [-0.3, -0.25) is 4.98 Å². The Morgan fingerprint density at radius 2 is 2.26 bits per heavy atom. The number of rotatable bonds is 7. The third kappa shape index (κ3) is 4.53. The molecule has 3 heterocycles. The van der Waals surface area contributed by atoms with E-state index in [0.29, 0.717) is 23.4 Å². The van der Waals surface area contributed by atoms with Gasteiger partial charge in [-0.15, -0.1) is 11.3 Å². The van der Waals surface area contributed by atoms with E-state index in [1.54, 1.807) is 29.9 Å². The van der Waals surface area contributed by atoms with Crippen molar-refractivity contribution in [3.8, 4) is 0 Å². The molecule has 27 heavy (non-hydrogen) atoms. The van der Waals surface area contributed by atoms with Crippen molar-refractivity contribution in [2.45, 2.75) is 32.9 Å². The van der Waals surface area contributed by atoms with E-state index in [-0.39, 0.29) is 6.54 Å². The van der Waals surface area contributed by atoms with Crippen LogP contribution in [0.5, 0.6) is 0 Å². The van der Waals surface area contributed by atoms with E-state index in [2.05, 4.69) is 20.2 Å². The molecular formula is C19H20FN5OS. The van der Waals surface area contributed by atoms with E-state index in [1.165, 1.54) is 0 Å². The summed E-state index contributed by atoms with van der Waals surface area (Å²) in [4.78, 5) is 9.63. The molecule has 0 saturated heterocycles. The lowest BCUT2D eigenvalue weighted by Crippen LogP contribution is -2.16. The highest BCUT2D eigenvalue weighted by atomic mass is 32.1. The maximum atomic E-state index is 13.7. The zero-order chi connectivity index (χ0) is 19.2. The topological polar surface area (TPSA) is 85.8 Å². The minimum Gasteiger partial charge on any atom is -0.486 e. The first-order valence-electron chi connectivity index (χ1n) is 8.47. The smallest absolute Gasteiger partial charge is 0.180 e. The highest BCUT2D eigenvalue weighted by Crippen LogP contribution is 2.25. The molecule has 0 bridgehead atoms. The van der Waals surface area contributed by atoms with Crippen molar-refractivity contribution < 1.29 is 9.13 Å². The summed E-state index contributed by atoms with van der Waals surface area (Å²) in [6.45, 7) is 3.99. The second-order valence-corrected chi connectivity index (χ2v) is 7.03. The molecule has 2 N–H and O–H groups in total. The maximum Gasteiger partial charge on any atom is 0.180 e. The van der Waals surface area contributed by atoms with E-state index in [1.807, 2.05) is 32.1 Å². The van der Waals surface area contributed by atoms with Crippen LogP contribution in [0.3, 0.4) is 0 Å². The summed E-state index contributed by atoms with van der Waals surface area (Å²) in [7, 11) is 0. The SMILES string of the molecule is C/C=C\c1nc(C)sc1/C=C/OC(C1=NN=CC1)c1cc(CN)c(F)cn1. The molecule has 0 spiro atoms. The number of pyridine rings is 1. The van der Waals surface area contributed by atoms with Crippen LogP contribution in [0.2, 0.25) is 0 Å². The maximum absolute atomic E-state index is 13.7. The third-order valence-corrected chi connectivity index (χ3v) is 4.81. The van der Waals surface area contributed by atoms with E-state index in [9.17, 15) is 4.39 Å². The summed E-state index contributed by atoms with van der Waals surface area (Å²) in [5.41, 5.74) is 8.13. The lowest BCUT2D eigenvalue weighted by Gasteiger charge is -2.16. The third-order valence-electron chi connectivity index (χ3n) is 3.86. The monoisotopic (exact) mass is 385 g/mol. The number of aromatic nitrogens is 2. The van der Waals surface area contributed by atoms with Crippen LogP contribution in [0, 0.1) is 12.7 Å². The van der Waals surface area contributed by atoms with E-state index < -0.39 is 11.9 Å². The standard InChI is InChI=1S/C19H20FN5OS/c1-3-4-15-18(27-12(2)24-15)6-8-26-19(16-5-7-23-25-16)17-9-13(10-21)14(20)11-22-17/h3-4,6-9,11,19H,5,10,21H2,1-2H3/b4-3-,8-6+. The van der Waals surface area contributed by atoms with Crippen molar-refractivity contribution in [3.05, 3.63) is 57.3 Å². The molecule has 0 amide bonds. The van der Waals surface area contributed by atoms with Gasteiger partial charge in [-0.2, -0.15) is 10.2 Å². The van der Waals surface area contributed by atoms with Gasteiger partial charge in [-0.05, 0) is 32.1 Å². The fraction of sp³-hybridized carbons (Fsp3) is 0.263. The quantitative estimate of drug-likeness (QED) is 0.729. The first kappa shape index (κ1) is 19.1. The summed E-state index contributed by atoms with van der Waals surface area (Å²) in [5.74, 6) is -0.434. The Morgan fingerprint density at radius 3 is 2.96 bits per heavy atom. The molecule has 0 saturated carbocycles. The first-order chi connectivity index (χ1) is 13.1. The summed E-state index contributed by atoms with van der Waals surface area (Å²) in [6.07, 6.45) is 10.2. The fourth-order valence-electron chi connectivity index (χ4n) is 2.60. The second kappa shape index (κ2) is 8.79. The molecule has 0 radical (unpaired) electrons. The molecule has 2 aromatic rings. The van der Waals surface area contributed by atoms with Crippen molar-refractivity contribution in [2.75, 3.05) is 0 Å². The predicted molar refractivity (Wildman–Crippen MR) is 107 cm³/mol. The molecule has 1 aliphatic heterocycles. The van der Waals surface area contributed by atoms with Gasteiger partial charge < -0.3 is 10.5 Å². The number of thiazole rings is 1. The Labute approximate surface area is 161 Å². The van der Waals surface area contributed by atoms with Crippen LogP contribution >= 0.6 is 11.3 Å². The largest absolute Gasteiger partial charge is 0.486 e. The molecular weight excluding hydrogens is 365 g/mol. The molecule has 1 unspecified atom stereocenters. The number of halogens is 1. The van der Waals surface area contributed by atoms with Gasteiger partial charge in [0.25, 0.3) is 0 Å². The van der Waals surface area contributed by atoms with Crippen LogP contribution in [0.15, 0.2) is 34.8 Å². The molecule has 1 aliphatic rings. The van der Waals surface area contributed by atoms with E-state index >= 15 is 0 Å². The number of hydrogen-bond acceptors (Lipinski definition) is 7. The van der Waals surface area contributed by atoms with Crippen LogP contribution in [0.4, 0.5) is 4.39 Å². The normalized spacial score (nSPS) is 15.0. The zero-order valence-corrected chi connectivity index (χ0v) is 15.9. The zero-order valence-electron chi connectivity index (χ0n) is 15.1. The number of aryl methyl sites for hydroxylation is 1. The molecule has 6 nitrogen and oxygen atoms in total. The number of nitrogens with two attached hydrogens (primary N) is 1. The van der Waals surface area contributed by atoms with Crippen LogP contribution < -0.4 is 5.73 Å². The van der Waals surface area contributed by atoms with E-state index in [4.69, 9.17) is 10.5 Å². The molecule has 1 atom stereocenters. The minimum atomic E-state index is -0.561. The number of hydrogen-bond donors (Lipinski definition) is 1. The summed E-state index contributed by atoms with van der Waals surface area (Å²) in [5, 5.41) is 8.98. The number of allylic oxidation sites excluding steroid dienone is 1. The van der Waals surface area contributed by atoms with Crippen molar-refractivity contribution in [1.82, 2.24) is 9.97 Å². The van der Waals surface area contributed by atoms with E-state index in [0.717, 1.165) is 21.8 Å². The molecule has 140 valence electrons. The van der Waals surface area contributed by atoms with Gasteiger partial charge in [0.1, 0.15) is 5.82 Å². The first-order valence-corrected chi connectivity index (χ1v) is 9.28. The Morgan fingerprint density at radius 1 is 1.41 bits per heavy atom. The summed E-state index contributed by atoms with van der Waals surface area (Å²) >= 11 is 1.58. The molecule has 0 aromatic carbocycles. The van der Waals surface area contributed by atoms with Crippen molar-refractivity contribution >= 4 is 35.4 Å². The van der Waals surface area contributed by atoms with Gasteiger partial charge >= 0.3 is 0 Å². The van der Waals surface area contributed by atoms with Gasteiger partial charge in [0.05, 0.1) is 39.4 Å². The Hall–Kier alpha value is -2.71. The van der Waals surface area contributed by atoms with Crippen LogP contribution in [-0.4, -0.2) is 21.9 Å². The van der Waals surface area contributed by atoms with Crippen molar-refractivity contribution in [2.24, 2.45) is 15.9 Å². The minimum absolute atomic E-state index is 0.0831. The van der Waals surface area contributed by atoms with Crippen LogP contribution in [-0.2, 0) is 11.3 Å². The summed E-state index contributed by atoms with van der Waals surface area (Å²) in [6, 6.07) is 1.61.